The van der Waals surface area contributed by atoms with E-state index in [2.05, 4.69) is 11.8 Å². The van der Waals surface area contributed by atoms with Crippen LogP contribution in [0.15, 0.2) is 29.2 Å². The van der Waals surface area contributed by atoms with Gasteiger partial charge in [-0.25, -0.2) is 8.42 Å². The fourth-order valence-electron chi connectivity index (χ4n) is 3.85. The molecule has 1 aromatic carbocycles. The van der Waals surface area contributed by atoms with E-state index in [4.69, 9.17) is 0 Å². The van der Waals surface area contributed by atoms with Gasteiger partial charge in [0, 0.05) is 37.8 Å². The molecule has 0 spiro atoms. The van der Waals surface area contributed by atoms with Crippen molar-refractivity contribution in [1.29, 1.82) is 0 Å². The molecule has 0 N–H and O–H groups in total. The van der Waals surface area contributed by atoms with Gasteiger partial charge in [0.05, 0.1) is 11.4 Å². The second kappa shape index (κ2) is 8.71. The Kier molecular flexibility index (Phi) is 6.52. The first-order chi connectivity index (χ1) is 13.3. The van der Waals surface area contributed by atoms with Crippen molar-refractivity contribution in [2.45, 2.75) is 44.0 Å². The Labute approximate surface area is 167 Å². The maximum Gasteiger partial charge on any atom is 0.243 e. The largest absolute Gasteiger partial charge is 0.339 e. The van der Waals surface area contributed by atoms with Crippen LogP contribution in [0.25, 0.3) is 0 Å². The highest BCUT2D eigenvalue weighted by Crippen LogP contribution is 2.20. The minimum Gasteiger partial charge on any atom is -0.339 e. The van der Waals surface area contributed by atoms with Gasteiger partial charge in [-0.2, -0.15) is 4.31 Å². The van der Waals surface area contributed by atoms with Crippen molar-refractivity contribution < 1.29 is 18.0 Å². The first-order valence-electron chi connectivity index (χ1n) is 9.92. The Bertz CT molecular complexity index is 814. The average molecular weight is 408 g/mol. The number of benzene rings is 1. The molecule has 0 bridgehead atoms. The number of hydrogen-bond acceptors (Lipinski definition) is 5. The van der Waals surface area contributed by atoms with Crippen LogP contribution in [0.2, 0.25) is 0 Å². The lowest BCUT2D eigenvalue weighted by atomic mass is 10.0. The number of piperidine rings is 1. The predicted molar refractivity (Wildman–Crippen MR) is 107 cm³/mol. The number of nitrogens with zero attached hydrogens (tertiary/aromatic N) is 3. The maximum atomic E-state index is 12.8. The van der Waals surface area contributed by atoms with E-state index in [1.165, 1.54) is 41.9 Å². The van der Waals surface area contributed by atoms with Crippen LogP contribution in [0.4, 0.5) is 0 Å². The summed E-state index contributed by atoms with van der Waals surface area (Å²) in [6.45, 7) is 6.38. The Morgan fingerprint density at radius 1 is 1.00 bits per heavy atom. The minimum absolute atomic E-state index is 0.0802. The molecular formula is C20H29N3O4S. The molecule has 1 amide bonds. The van der Waals surface area contributed by atoms with Crippen molar-refractivity contribution in [2.24, 2.45) is 0 Å². The van der Waals surface area contributed by atoms with E-state index in [9.17, 15) is 18.0 Å². The molecule has 7 nitrogen and oxygen atoms in total. The third kappa shape index (κ3) is 4.61. The summed E-state index contributed by atoms with van der Waals surface area (Å²) in [6.07, 6.45) is 3.48. The van der Waals surface area contributed by atoms with Crippen LogP contribution in [0, 0.1) is 0 Å². The number of Topliss-reactive ketones (excluding diaryl/α,β-unsaturated/α-hetero) is 1. The summed E-state index contributed by atoms with van der Waals surface area (Å²) in [7, 11) is -3.62. The number of piperazine rings is 1. The number of likely N-dealkylation sites (tertiary alicyclic amines) is 1. The first kappa shape index (κ1) is 21.0. The van der Waals surface area contributed by atoms with Crippen LogP contribution in [0.5, 0.6) is 0 Å². The third-order valence-electron chi connectivity index (χ3n) is 5.77. The first-order valence-corrected chi connectivity index (χ1v) is 11.4. The Balaban J connectivity index is 1.58. The smallest absolute Gasteiger partial charge is 0.243 e. The Morgan fingerprint density at radius 3 is 2.21 bits per heavy atom. The second-order valence-corrected chi connectivity index (χ2v) is 9.62. The molecule has 0 aromatic heterocycles. The van der Waals surface area contributed by atoms with Crippen molar-refractivity contribution in [3.63, 3.8) is 0 Å². The van der Waals surface area contributed by atoms with Gasteiger partial charge >= 0.3 is 0 Å². The molecule has 2 fully saturated rings. The summed E-state index contributed by atoms with van der Waals surface area (Å²) in [5.74, 6) is -0.0179. The minimum atomic E-state index is -3.62. The summed E-state index contributed by atoms with van der Waals surface area (Å²) in [5.41, 5.74) is 0.487. The van der Waals surface area contributed by atoms with Crippen molar-refractivity contribution in [2.75, 3.05) is 39.3 Å². The standard InChI is InChI=1S/C20H29N3O4S/c1-16-5-3-4-10-22(16)15-20(25)21-11-13-23(14-12-21)28(26,27)19-8-6-18(7-9-19)17(2)24/h6-9,16H,3-5,10-15H2,1-2H3/t16-/m1/s1. The topological polar surface area (TPSA) is 78.0 Å². The van der Waals surface area contributed by atoms with Crippen LogP contribution in [0.3, 0.4) is 0 Å². The number of hydrogen-bond donors (Lipinski definition) is 0. The molecule has 2 saturated heterocycles. The van der Waals surface area contributed by atoms with Crippen molar-refractivity contribution >= 4 is 21.7 Å². The van der Waals surface area contributed by atoms with E-state index in [1.807, 2.05) is 0 Å². The van der Waals surface area contributed by atoms with E-state index in [0.717, 1.165) is 19.4 Å². The van der Waals surface area contributed by atoms with Gasteiger partial charge in [0.1, 0.15) is 0 Å². The van der Waals surface area contributed by atoms with Crippen LogP contribution < -0.4 is 0 Å². The van der Waals surface area contributed by atoms with Gasteiger partial charge < -0.3 is 4.90 Å². The molecule has 2 heterocycles. The molecule has 1 aromatic rings. The molecule has 154 valence electrons. The van der Waals surface area contributed by atoms with Crippen LogP contribution in [-0.4, -0.2) is 79.5 Å². The van der Waals surface area contributed by atoms with E-state index >= 15 is 0 Å². The molecule has 0 aliphatic carbocycles. The molecule has 28 heavy (non-hydrogen) atoms. The highest BCUT2D eigenvalue weighted by molar-refractivity contribution is 7.89. The van der Waals surface area contributed by atoms with E-state index in [-0.39, 0.29) is 29.7 Å². The molecule has 0 saturated carbocycles. The van der Waals surface area contributed by atoms with Gasteiger partial charge in [0.2, 0.25) is 15.9 Å². The predicted octanol–water partition coefficient (Wildman–Crippen LogP) is 1.60. The lowest BCUT2D eigenvalue weighted by Crippen LogP contribution is -2.53. The maximum absolute atomic E-state index is 12.8. The van der Waals surface area contributed by atoms with E-state index < -0.39 is 10.0 Å². The molecule has 1 atom stereocenters. The Morgan fingerprint density at radius 2 is 1.64 bits per heavy atom. The highest BCUT2D eigenvalue weighted by Gasteiger charge is 2.31. The number of sulfonamides is 1. The van der Waals surface area contributed by atoms with Gasteiger partial charge in [-0.1, -0.05) is 18.6 Å². The van der Waals surface area contributed by atoms with Crippen molar-refractivity contribution in [3.8, 4) is 0 Å². The van der Waals surface area contributed by atoms with Gasteiger partial charge in [-0.3, -0.25) is 14.5 Å². The fourth-order valence-corrected chi connectivity index (χ4v) is 5.28. The lowest BCUT2D eigenvalue weighted by Gasteiger charge is -2.37. The zero-order valence-corrected chi connectivity index (χ0v) is 17.5. The lowest BCUT2D eigenvalue weighted by molar-refractivity contribution is -0.134. The summed E-state index contributed by atoms with van der Waals surface area (Å²) in [6, 6.07) is 6.45. The summed E-state index contributed by atoms with van der Waals surface area (Å²) in [4.78, 5) is 28.2. The molecule has 8 heteroatoms. The number of amides is 1. The monoisotopic (exact) mass is 407 g/mol. The zero-order chi connectivity index (χ0) is 20.3. The SMILES string of the molecule is CC(=O)c1ccc(S(=O)(=O)N2CCN(C(=O)CN3CCCC[C@H]3C)CC2)cc1. The van der Waals surface area contributed by atoms with Crippen molar-refractivity contribution in [3.05, 3.63) is 29.8 Å². The summed E-state index contributed by atoms with van der Waals surface area (Å²) in [5, 5.41) is 0. The molecule has 0 radical (unpaired) electrons. The third-order valence-corrected chi connectivity index (χ3v) is 7.68. The molecule has 2 aliphatic heterocycles. The van der Waals surface area contributed by atoms with Gasteiger partial charge in [0.15, 0.2) is 5.78 Å². The number of ketones is 1. The van der Waals surface area contributed by atoms with Crippen molar-refractivity contribution in [1.82, 2.24) is 14.1 Å². The van der Waals surface area contributed by atoms with E-state index in [0.29, 0.717) is 31.2 Å². The number of carbonyl (C=O) groups excluding carboxylic acids is 2. The zero-order valence-electron chi connectivity index (χ0n) is 16.6. The number of rotatable bonds is 5. The van der Waals surface area contributed by atoms with Gasteiger partial charge in [-0.15, -0.1) is 0 Å². The summed E-state index contributed by atoms with van der Waals surface area (Å²) >= 11 is 0. The molecule has 3 rings (SSSR count). The fraction of sp³-hybridized carbons (Fsp3) is 0.600. The van der Waals surface area contributed by atoms with Crippen LogP contribution >= 0.6 is 0 Å². The highest BCUT2D eigenvalue weighted by atomic mass is 32.2. The van der Waals surface area contributed by atoms with Gasteiger partial charge in [0.25, 0.3) is 0 Å². The molecular weight excluding hydrogens is 378 g/mol. The average Bonchev–Trinajstić information content (AvgIpc) is 2.70. The van der Waals surface area contributed by atoms with Crippen LogP contribution in [-0.2, 0) is 14.8 Å². The normalized spacial score (nSPS) is 22.2. The summed E-state index contributed by atoms with van der Waals surface area (Å²) < 4.78 is 27.1. The van der Waals surface area contributed by atoms with Gasteiger partial charge in [-0.05, 0) is 45.4 Å². The quantitative estimate of drug-likeness (QED) is 0.693. The van der Waals surface area contributed by atoms with E-state index in [1.54, 1.807) is 4.90 Å². The number of carbonyl (C=O) groups is 2. The Hall–Kier alpha value is -1.77. The van der Waals surface area contributed by atoms with Crippen LogP contribution in [0.1, 0.15) is 43.5 Å². The second-order valence-electron chi connectivity index (χ2n) is 7.68. The molecule has 0 unspecified atom stereocenters. The molecule has 2 aliphatic rings.